The molecular weight excluding hydrogens is 248 g/mol. The number of benzene rings is 1. The van der Waals surface area contributed by atoms with Crippen LogP contribution in [0.1, 0.15) is 30.4 Å². The van der Waals surface area contributed by atoms with Crippen LogP contribution in [0, 0.1) is 5.92 Å². The number of hydrogen-bond donors (Lipinski definition) is 1. The van der Waals surface area contributed by atoms with E-state index >= 15 is 0 Å². The Balaban J connectivity index is 1.87. The number of piperidine rings is 1. The molecule has 1 atom stereocenters. The number of hydrogen-bond acceptors (Lipinski definition) is 3. The zero-order chi connectivity index (χ0) is 13.9. The molecule has 2 heterocycles. The Morgan fingerprint density at radius 1 is 1.35 bits per heavy atom. The fraction of sp³-hybridized carbons (Fsp3) is 0.647. The largest absolute Gasteiger partial charge is 0.496 e. The fourth-order valence-electron chi connectivity index (χ4n) is 3.70. The molecule has 3 heteroatoms. The molecule has 110 valence electrons. The molecular formula is C17H26N2O. The van der Waals surface area contributed by atoms with Gasteiger partial charge in [0, 0.05) is 24.8 Å². The van der Waals surface area contributed by atoms with Gasteiger partial charge in [-0.15, -0.1) is 0 Å². The maximum atomic E-state index is 5.79. The maximum Gasteiger partial charge on any atom is 0.127 e. The number of nitrogens with one attached hydrogen (secondary N) is 1. The topological polar surface area (TPSA) is 24.5 Å². The van der Waals surface area contributed by atoms with Gasteiger partial charge in [-0.2, -0.15) is 0 Å². The van der Waals surface area contributed by atoms with Gasteiger partial charge in [-0.25, -0.2) is 0 Å². The van der Waals surface area contributed by atoms with E-state index in [-0.39, 0.29) is 0 Å². The quantitative estimate of drug-likeness (QED) is 0.917. The Morgan fingerprint density at radius 2 is 2.25 bits per heavy atom. The molecule has 2 aliphatic heterocycles. The van der Waals surface area contributed by atoms with Gasteiger partial charge in [-0.05, 0) is 62.7 Å². The van der Waals surface area contributed by atoms with Gasteiger partial charge in [0.15, 0.2) is 0 Å². The van der Waals surface area contributed by atoms with Crippen LogP contribution in [0.2, 0.25) is 0 Å². The Labute approximate surface area is 122 Å². The lowest BCUT2D eigenvalue weighted by Gasteiger charge is -2.30. The molecule has 0 spiro atoms. The first-order valence-electron chi connectivity index (χ1n) is 7.90. The van der Waals surface area contributed by atoms with Gasteiger partial charge in [-0.1, -0.05) is 6.07 Å². The highest BCUT2D eigenvalue weighted by molar-refractivity contribution is 5.63. The van der Waals surface area contributed by atoms with E-state index in [1.165, 1.54) is 42.6 Å². The van der Waals surface area contributed by atoms with Crippen LogP contribution < -0.4 is 15.0 Å². The number of methoxy groups -OCH3 is 1. The molecule has 1 aromatic rings. The number of fused-ring (bicyclic) bond motifs is 1. The average molecular weight is 274 g/mol. The third-order valence-electron chi connectivity index (χ3n) is 4.76. The van der Waals surface area contributed by atoms with Crippen LogP contribution >= 0.6 is 0 Å². The summed E-state index contributed by atoms with van der Waals surface area (Å²) >= 11 is 0. The normalized spacial score (nSPS) is 22.5. The van der Waals surface area contributed by atoms with Crippen LogP contribution in [0.15, 0.2) is 12.1 Å². The first kappa shape index (κ1) is 13.7. The molecule has 0 radical (unpaired) electrons. The van der Waals surface area contributed by atoms with Crippen molar-refractivity contribution in [2.45, 2.75) is 32.1 Å². The van der Waals surface area contributed by atoms with Crippen molar-refractivity contribution in [3.8, 4) is 5.75 Å². The lowest BCUT2D eigenvalue weighted by Crippen LogP contribution is -2.31. The van der Waals surface area contributed by atoms with Crippen molar-refractivity contribution in [2.24, 2.45) is 5.92 Å². The molecule has 0 saturated carbocycles. The van der Waals surface area contributed by atoms with E-state index < -0.39 is 0 Å². The SMILES string of the molecule is COc1c(CC2CCCNC2)ccc2c1CCCN2C. The Bertz CT molecular complexity index is 466. The Kier molecular flexibility index (Phi) is 4.16. The predicted molar refractivity (Wildman–Crippen MR) is 83.9 cm³/mol. The molecule has 1 fully saturated rings. The minimum Gasteiger partial charge on any atom is -0.496 e. The molecule has 2 aliphatic rings. The second kappa shape index (κ2) is 6.04. The molecule has 0 aromatic heterocycles. The maximum absolute atomic E-state index is 5.79. The summed E-state index contributed by atoms with van der Waals surface area (Å²) in [5.74, 6) is 1.91. The van der Waals surface area contributed by atoms with Crippen molar-refractivity contribution in [3.63, 3.8) is 0 Å². The number of nitrogens with zero attached hydrogens (tertiary/aromatic N) is 1. The lowest BCUT2D eigenvalue weighted by molar-refractivity contribution is 0.362. The van der Waals surface area contributed by atoms with E-state index in [0.717, 1.165) is 37.6 Å². The third kappa shape index (κ3) is 2.64. The molecule has 1 N–H and O–H groups in total. The predicted octanol–water partition coefficient (Wildman–Crippen LogP) is 2.62. The molecule has 0 amide bonds. The first-order valence-corrected chi connectivity index (χ1v) is 7.90. The summed E-state index contributed by atoms with van der Waals surface area (Å²) < 4.78 is 5.79. The zero-order valence-corrected chi connectivity index (χ0v) is 12.7. The Morgan fingerprint density at radius 3 is 3.00 bits per heavy atom. The minimum atomic E-state index is 0.761. The summed E-state index contributed by atoms with van der Waals surface area (Å²) in [5.41, 5.74) is 4.18. The lowest BCUT2D eigenvalue weighted by atomic mass is 9.89. The summed E-state index contributed by atoms with van der Waals surface area (Å²) in [5, 5.41) is 3.51. The smallest absolute Gasteiger partial charge is 0.127 e. The summed E-state index contributed by atoms with van der Waals surface area (Å²) in [6.45, 7) is 3.49. The van der Waals surface area contributed by atoms with E-state index in [1.807, 2.05) is 7.11 Å². The van der Waals surface area contributed by atoms with Gasteiger partial charge < -0.3 is 15.0 Å². The van der Waals surface area contributed by atoms with Gasteiger partial charge in [-0.3, -0.25) is 0 Å². The van der Waals surface area contributed by atoms with Crippen molar-refractivity contribution in [2.75, 3.05) is 38.7 Å². The van der Waals surface area contributed by atoms with Crippen molar-refractivity contribution in [3.05, 3.63) is 23.3 Å². The first-order chi connectivity index (χ1) is 9.79. The zero-order valence-electron chi connectivity index (χ0n) is 12.7. The van der Waals surface area contributed by atoms with Crippen LogP contribution in [0.25, 0.3) is 0 Å². The third-order valence-corrected chi connectivity index (χ3v) is 4.76. The van der Waals surface area contributed by atoms with Crippen LogP contribution in [0.5, 0.6) is 5.75 Å². The Hall–Kier alpha value is -1.22. The van der Waals surface area contributed by atoms with Crippen molar-refractivity contribution >= 4 is 5.69 Å². The molecule has 3 nitrogen and oxygen atoms in total. The second-order valence-corrected chi connectivity index (χ2v) is 6.20. The summed E-state index contributed by atoms with van der Waals surface area (Å²) in [6.07, 6.45) is 6.18. The van der Waals surface area contributed by atoms with Gasteiger partial charge in [0.1, 0.15) is 5.75 Å². The van der Waals surface area contributed by atoms with Gasteiger partial charge in [0.25, 0.3) is 0 Å². The van der Waals surface area contributed by atoms with Crippen LogP contribution in [-0.2, 0) is 12.8 Å². The molecule has 0 aliphatic carbocycles. The molecule has 20 heavy (non-hydrogen) atoms. The molecule has 1 aromatic carbocycles. The second-order valence-electron chi connectivity index (χ2n) is 6.20. The fourth-order valence-corrected chi connectivity index (χ4v) is 3.70. The van der Waals surface area contributed by atoms with Crippen LogP contribution in [0.4, 0.5) is 5.69 Å². The summed E-state index contributed by atoms with van der Waals surface area (Å²) in [4.78, 5) is 2.35. The molecule has 3 rings (SSSR count). The van der Waals surface area contributed by atoms with Crippen molar-refractivity contribution in [1.82, 2.24) is 5.32 Å². The minimum absolute atomic E-state index is 0.761. The van der Waals surface area contributed by atoms with E-state index in [0.29, 0.717) is 0 Å². The van der Waals surface area contributed by atoms with Crippen molar-refractivity contribution < 1.29 is 4.74 Å². The highest BCUT2D eigenvalue weighted by Crippen LogP contribution is 2.37. The van der Waals surface area contributed by atoms with Gasteiger partial charge >= 0.3 is 0 Å². The van der Waals surface area contributed by atoms with E-state index in [1.54, 1.807) is 0 Å². The summed E-state index contributed by atoms with van der Waals surface area (Å²) in [6, 6.07) is 4.58. The van der Waals surface area contributed by atoms with E-state index in [4.69, 9.17) is 4.74 Å². The highest BCUT2D eigenvalue weighted by Gasteiger charge is 2.22. The molecule has 1 unspecified atom stereocenters. The number of anilines is 1. The standard InChI is InChI=1S/C17H26N2O/c1-19-10-4-6-15-16(19)8-7-14(17(15)20-2)11-13-5-3-9-18-12-13/h7-8,13,18H,3-6,9-12H2,1-2H3. The average Bonchev–Trinajstić information content (AvgIpc) is 2.48. The summed E-state index contributed by atoms with van der Waals surface area (Å²) in [7, 11) is 4.01. The van der Waals surface area contributed by atoms with Crippen LogP contribution in [0.3, 0.4) is 0 Å². The van der Waals surface area contributed by atoms with Gasteiger partial charge in [0.05, 0.1) is 7.11 Å². The van der Waals surface area contributed by atoms with E-state index in [9.17, 15) is 0 Å². The number of rotatable bonds is 3. The molecule has 1 saturated heterocycles. The van der Waals surface area contributed by atoms with Crippen LogP contribution in [-0.4, -0.2) is 33.8 Å². The number of ether oxygens (including phenoxy) is 1. The highest BCUT2D eigenvalue weighted by atomic mass is 16.5. The van der Waals surface area contributed by atoms with Gasteiger partial charge in [0.2, 0.25) is 0 Å². The van der Waals surface area contributed by atoms with Crippen molar-refractivity contribution in [1.29, 1.82) is 0 Å². The van der Waals surface area contributed by atoms with E-state index in [2.05, 4.69) is 29.4 Å². The monoisotopic (exact) mass is 274 g/mol. The molecule has 0 bridgehead atoms.